The second kappa shape index (κ2) is 5.88. The van der Waals surface area contributed by atoms with Gasteiger partial charge in [-0.05, 0) is 61.0 Å². The minimum atomic E-state index is 0.291. The predicted molar refractivity (Wildman–Crippen MR) is 76.8 cm³/mol. The van der Waals surface area contributed by atoms with Gasteiger partial charge in [0.15, 0.2) is 0 Å². The van der Waals surface area contributed by atoms with Crippen LogP contribution in [-0.4, -0.2) is 11.7 Å². The Labute approximate surface area is 111 Å². The van der Waals surface area contributed by atoms with Gasteiger partial charge in [-0.25, -0.2) is 0 Å². The largest absolute Gasteiger partial charge is 0.396 e. The van der Waals surface area contributed by atoms with Crippen LogP contribution < -0.4 is 0 Å². The van der Waals surface area contributed by atoms with Crippen LogP contribution in [0.25, 0.3) is 0 Å². The van der Waals surface area contributed by atoms with Gasteiger partial charge in [0, 0.05) is 6.61 Å². The van der Waals surface area contributed by atoms with Crippen molar-refractivity contribution in [3.8, 4) is 0 Å². The van der Waals surface area contributed by atoms with E-state index in [1.165, 1.54) is 36.8 Å². The van der Waals surface area contributed by atoms with Crippen LogP contribution in [0.3, 0.4) is 0 Å². The molecule has 1 saturated carbocycles. The maximum Gasteiger partial charge on any atom is 0.0434 e. The number of aliphatic hydroxyl groups excluding tert-OH is 1. The monoisotopic (exact) mass is 246 g/mol. The molecule has 1 heteroatoms. The number of hydrogen-bond acceptors (Lipinski definition) is 1. The molecule has 2 rings (SSSR count). The molecule has 1 aromatic rings. The van der Waals surface area contributed by atoms with Gasteiger partial charge in [-0.15, -0.1) is 0 Å². The normalized spacial score (nSPS) is 19.9. The zero-order valence-corrected chi connectivity index (χ0v) is 11.8. The molecule has 0 saturated heterocycles. The number of aryl methyl sites for hydroxylation is 1. The highest BCUT2D eigenvalue weighted by Gasteiger charge is 2.27. The fourth-order valence-corrected chi connectivity index (χ4v) is 2.97. The lowest BCUT2D eigenvalue weighted by Gasteiger charge is -2.34. The van der Waals surface area contributed by atoms with E-state index in [9.17, 15) is 0 Å². The summed E-state index contributed by atoms with van der Waals surface area (Å²) in [5.74, 6) is 0.768. The van der Waals surface area contributed by atoms with Gasteiger partial charge < -0.3 is 5.11 Å². The Bertz CT molecular complexity index is 354. The molecule has 1 aromatic carbocycles. The fraction of sp³-hybridized carbons (Fsp3) is 0.647. The molecule has 0 atom stereocenters. The first-order chi connectivity index (χ1) is 8.61. The van der Waals surface area contributed by atoms with Crippen molar-refractivity contribution in [2.75, 3.05) is 6.61 Å². The molecule has 0 unspecified atom stereocenters. The Morgan fingerprint density at radius 2 is 1.72 bits per heavy atom. The van der Waals surface area contributed by atoms with Crippen molar-refractivity contribution in [2.45, 2.75) is 58.3 Å². The first-order valence-corrected chi connectivity index (χ1v) is 7.30. The van der Waals surface area contributed by atoms with Crippen molar-refractivity contribution >= 4 is 0 Å². The standard InChI is InChI=1S/C17H26O/c1-17(2)11-9-16(10-12-17)15-7-5-14(6-8-15)4-3-13-18/h5-8,16,18H,3-4,9-13H2,1-2H3. The number of rotatable bonds is 4. The summed E-state index contributed by atoms with van der Waals surface area (Å²) in [6.07, 6.45) is 7.24. The topological polar surface area (TPSA) is 20.2 Å². The summed E-state index contributed by atoms with van der Waals surface area (Å²) in [5, 5.41) is 8.84. The third kappa shape index (κ3) is 3.58. The van der Waals surface area contributed by atoms with Crippen LogP contribution in [0.4, 0.5) is 0 Å². The number of aliphatic hydroxyl groups is 1. The van der Waals surface area contributed by atoms with Gasteiger partial charge in [0.1, 0.15) is 0 Å². The van der Waals surface area contributed by atoms with Gasteiger partial charge in [0.25, 0.3) is 0 Å². The minimum Gasteiger partial charge on any atom is -0.396 e. The molecular formula is C17H26O. The van der Waals surface area contributed by atoms with Crippen LogP contribution in [0.1, 0.15) is 63.0 Å². The molecule has 18 heavy (non-hydrogen) atoms. The second-order valence-electron chi connectivity index (χ2n) is 6.51. The highest BCUT2D eigenvalue weighted by Crippen LogP contribution is 2.42. The number of hydrogen-bond donors (Lipinski definition) is 1. The zero-order chi connectivity index (χ0) is 13.0. The first kappa shape index (κ1) is 13.6. The van der Waals surface area contributed by atoms with Crippen LogP contribution in [0.5, 0.6) is 0 Å². The van der Waals surface area contributed by atoms with Crippen molar-refractivity contribution < 1.29 is 5.11 Å². The third-order valence-corrected chi connectivity index (χ3v) is 4.41. The van der Waals surface area contributed by atoms with Gasteiger partial charge in [-0.2, -0.15) is 0 Å². The quantitative estimate of drug-likeness (QED) is 0.840. The summed E-state index contributed by atoms with van der Waals surface area (Å²) in [5.41, 5.74) is 3.42. The Morgan fingerprint density at radius 3 is 2.28 bits per heavy atom. The lowest BCUT2D eigenvalue weighted by Crippen LogP contribution is -2.20. The lowest BCUT2D eigenvalue weighted by molar-refractivity contribution is 0.224. The van der Waals surface area contributed by atoms with Gasteiger partial charge in [0.2, 0.25) is 0 Å². The molecule has 0 spiro atoms. The van der Waals surface area contributed by atoms with E-state index >= 15 is 0 Å². The molecule has 1 nitrogen and oxygen atoms in total. The molecule has 1 aliphatic rings. The van der Waals surface area contributed by atoms with Crippen LogP contribution >= 0.6 is 0 Å². The molecule has 0 aromatic heterocycles. The maximum absolute atomic E-state index is 8.84. The Morgan fingerprint density at radius 1 is 1.11 bits per heavy atom. The molecule has 0 radical (unpaired) electrons. The van der Waals surface area contributed by atoms with E-state index < -0.39 is 0 Å². The molecule has 0 heterocycles. The van der Waals surface area contributed by atoms with Crippen LogP contribution in [0.15, 0.2) is 24.3 Å². The molecule has 0 amide bonds. The molecule has 100 valence electrons. The Kier molecular flexibility index (Phi) is 4.45. The van der Waals surface area contributed by atoms with Gasteiger partial charge in [-0.1, -0.05) is 38.1 Å². The number of benzene rings is 1. The fourth-order valence-electron chi connectivity index (χ4n) is 2.97. The van der Waals surface area contributed by atoms with E-state index in [2.05, 4.69) is 38.1 Å². The molecule has 1 fully saturated rings. The third-order valence-electron chi connectivity index (χ3n) is 4.41. The lowest BCUT2D eigenvalue weighted by atomic mass is 9.71. The Hall–Kier alpha value is -0.820. The summed E-state index contributed by atoms with van der Waals surface area (Å²) in [7, 11) is 0. The SMILES string of the molecule is CC1(C)CCC(c2ccc(CCCO)cc2)CC1. The highest BCUT2D eigenvalue weighted by atomic mass is 16.2. The summed E-state index contributed by atoms with van der Waals surface area (Å²) in [4.78, 5) is 0. The van der Waals surface area contributed by atoms with Crippen LogP contribution in [-0.2, 0) is 6.42 Å². The van der Waals surface area contributed by atoms with Gasteiger partial charge in [0.05, 0.1) is 0 Å². The molecule has 0 bridgehead atoms. The average Bonchev–Trinajstić information content (AvgIpc) is 2.37. The summed E-state index contributed by atoms with van der Waals surface area (Å²) >= 11 is 0. The average molecular weight is 246 g/mol. The van der Waals surface area contributed by atoms with E-state index in [4.69, 9.17) is 5.11 Å². The van der Waals surface area contributed by atoms with E-state index in [0.29, 0.717) is 12.0 Å². The van der Waals surface area contributed by atoms with Crippen molar-refractivity contribution in [1.29, 1.82) is 0 Å². The Balaban J connectivity index is 1.94. The van der Waals surface area contributed by atoms with E-state index in [1.54, 1.807) is 0 Å². The zero-order valence-electron chi connectivity index (χ0n) is 11.8. The van der Waals surface area contributed by atoms with Crippen molar-refractivity contribution in [3.63, 3.8) is 0 Å². The second-order valence-corrected chi connectivity index (χ2v) is 6.51. The maximum atomic E-state index is 8.84. The van der Waals surface area contributed by atoms with E-state index in [-0.39, 0.29) is 0 Å². The van der Waals surface area contributed by atoms with Gasteiger partial charge >= 0.3 is 0 Å². The summed E-state index contributed by atoms with van der Waals surface area (Å²) in [6, 6.07) is 9.08. The van der Waals surface area contributed by atoms with Crippen molar-refractivity contribution in [3.05, 3.63) is 35.4 Å². The van der Waals surface area contributed by atoms with Crippen LogP contribution in [0, 0.1) is 5.41 Å². The molecule has 1 aliphatic carbocycles. The summed E-state index contributed by atoms with van der Waals surface area (Å²) < 4.78 is 0. The minimum absolute atomic E-state index is 0.291. The summed E-state index contributed by atoms with van der Waals surface area (Å²) in [6.45, 7) is 5.07. The van der Waals surface area contributed by atoms with E-state index in [1.807, 2.05) is 0 Å². The van der Waals surface area contributed by atoms with Crippen molar-refractivity contribution in [1.82, 2.24) is 0 Å². The van der Waals surface area contributed by atoms with Crippen molar-refractivity contribution in [2.24, 2.45) is 5.41 Å². The highest BCUT2D eigenvalue weighted by molar-refractivity contribution is 5.26. The molecule has 1 N–H and O–H groups in total. The smallest absolute Gasteiger partial charge is 0.0434 e. The van der Waals surface area contributed by atoms with E-state index in [0.717, 1.165) is 18.8 Å². The van der Waals surface area contributed by atoms with Gasteiger partial charge in [-0.3, -0.25) is 0 Å². The first-order valence-electron chi connectivity index (χ1n) is 7.30. The molecular weight excluding hydrogens is 220 g/mol. The van der Waals surface area contributed by atoms with Crippen LogP contribution in [0.2, 0.25) is 0 Å². The molecule has 0 aliphatic heterocycles. The predicted octanol–water partition coefficient (Wildman–Crippen LogP) is 4.30.